The summed E-state index contributed by atoms with van der Waals surface area (Å²) in [6, 6.07) is 1.92. The van der Waals surface area contributed by atoms with Gasteiger partial charge in [-0.3, -0.25) is 9.88 Å². The molecule has 0 aliphatic rings. The van der Waals surface area contributed by atoms with E-state index < -0.39 is 23.7 Å². The molecule has 1 aromatic heterocycles. The van der Waals surface area contributed by atoms with Crippen LogP contribution >= 0.6 is 0 Å². The molecule has 0 saturated heterocycles. The second-order valence-electron chi connectivity index (χ2n) is 6.46. The zero-order valence-corrected chi connectivity index (χ0v) is 14.0. The molecule has 22 heavy (non-hydrogen) atoms. The fourth-order valence-corrected chi connectivity index (χ4v) is 1.99. The average molecular weight is 308 g/mol. The van der Waals surface area contributed by atoms with Crippen LogP contribution in [-0.4, -0.2) is 38.7 Å². The third-order valence-electron chi connectivity index (χ3n) is 2.92. The van der Waals surface area contributed by atoms with Gasteiger partial charge in [-0.15, -0.1) is 0 Å². The van der Waals surface area contributed by atoms with Gasteiger partial charge in [0.15, 0.2) is 6.04 Å². The van der Waals surface area contributed by atoms with E-state index in [1.807, 2.05) is 6.92 Å². The zero-order valence-electron chi connectivity index (χ0n) is 14.0. The first-order chi connectivity index (χ1) is 10.0. The van der Waals surface area contributed by atoms with Gasteiger partial charge in [0.1, 0.15) is 5.60 Å². The Morgan fingerprint density at radius 3 is 2.23 bits per heavy atom. The van der Waals surface area contributed by atoms with Crippen molar-refractivity contribution in [1.29, 1.82) is 0 Å². The van der Waals surface area contributed by atoms with Crippen molar-refractivity contribution in [1.82, 2.24) is 9.88 Å². The summed E-state index contributed by atoms with van der Waals surface area (Å²) in [6.07, 6.45) is 0.823. The van der Waals surface area contributed by atoms with E-state index >= 15 is 0 Å². The van der Waals surface area contributed by atoms with Crippen LogP contribution in [0.3, 0.4) is 0 Å². The highest BCUT2D eigenvalue weighted by Crippen LogP contribution is 2.25. The highest BCUT2D eigenvalue weighted by atomic mass is 16.6. The summed E-state index contributed by atoms with van der Waals surface area (Å²) in [7, 11) is 0. The Balaban J connectivity index is 3.21. The minimum absolute atomic E-state index is 0.336. The van der Waals surface area contributed by atoms with Crippen LogP contribution in [0.25, 0.3) is 0 Å². The zero-order chi connectivity index (χ0) is 17.1. The summed E-state index contributed by atoms with van der Waals surface area (Å²) in [4.78, 5) is 29.5. The van der Waals surface area contributed by atoms with E-state index in [-0.39, 0.29) is 6.04 Å². The molecule has 0 aliphatic carbocycles. The first-order valence-corrected chi connectivity index (χ1v) is 7.19. The highest BCUT2D eigenvalue weighted by molar-refractivity contribution is 5.81. The minimum Gasteiger partial charge on any atom is -0.479 e. The molecule has 0 bridgehead atoms. The third kappa shape index (κ3) is 4.72. The van der Waals surface area contributed by atoms with Crippen LogP contribution in [0.4, 0.5) is 4.79 Å². The average Bonchev–Trinajstić information content (AvgIpc) is 2.33. The summed E-state index contributed by atoms with van der Waals surface area (Å²) in [5, 5.41) is 9.59. The molecule has 0 fully saturated rings. The van der Waals surface area contributed by atoms with Gasteiger partial charge >= 0.3 is 12.1 Å². The van der Waals surface area contributed by atoms with Gasteiger partial charge < -0.3 is 9.84 Å². The van der Waals surface area contributed by atoms with Gasteiger partial charge in [0.25, 0.3) is 0 Å². The maximum absolute atomic E-state index is 12.4. The lowest BCUT2D eigenvalue weighted by molar-refractivity contribution is -0.144. The summed E-state index contributed by atoms with van der Waals surface area (Å²) < 4.78 is 5.34. The predicted octanol–water partition coefficient (Wildman–Crippen LogP) is 3.16. The summed E-state index contributed by atoms with van der Waals surface area (Å²) >= 11 is 0. The van der Waals surface area contributed by atoms with Gasteiger partial charge in [-0.25, -0.2) is 9.59 Å². The van der Waals surface area contributed by atoms with Crippen LogP contribution in [0.1, 0.15) is 51.9 Å². The Bertz CT molecular complexity index is 532. The number of nitrogens with zero attached hydrogens (tertiary/aromatic N) is 2. The van der Waals surface area contributed by atoms with E-state index in [1.165, 1.54) is 11.1 Å². The van der Waals surface area contributed by atoms with E-state index in [1.54, 1.807) is 46.8 Å². The minimum atomic E-state index is -1.14. The van der Waals surface area contributed by atoms with Crippen LogP contribution < -0.4 is 0 Å². The number of aromatic nitrogens is 1. The standard InChI is InChI=1S/C16H24N2O4/c1-10(2)18(15(21)22-16(4,5)6)13(14(19)20)12-8-7-11(3)17-9-12/h7-10,13H,1-6H3,(H,19,20). The number of ether oxygens (including phenoxy) is 1. The summed E-state index contributed by atoms with van der Waals surface area (Å²) in [5.41, 5.74) is 0.526. The number of rotatable bonds is 4. The molecule has 1 rings (SSSR count). The van der Waals surface area contributed by atoms with Crippen LogP contribution in [0.5, 0.6) is 0 Å². The second-order valence-corrected chi connectivity index (χ2v) is 6.46. The predicted molar refractivity (Wildman–Crippen MR) is 82.6 cm³/mol. The van der Waals surface area contributed by atoms with Gasteiger partial charge in [-0.2, -0.15) is 0 Å². The van der Waals surface area contributed by atoms with Gasteiger partial charge in [0, 0.05) is 23.5 Å². The van der Waals surface area contributed by atoms with E-state index in [4.69, 9.17) is 4.74 Å². The van der Waals surface area contributed by atoms with Crippen molar-refractivity contribution in [3.63, 3.8) is 0 Å². The molecule has 1 amide bonds. The van der Waals surface area contributed by atoms with Gasteiger partial charge in [-0.1, -0.05) is 6.07 Å². The Kier molecular flexibility index (Phi) is 5.52. The normalized spacial score (nSPS) is 12.9. The van der Waals surface area contributed by atoms with Gasteiger partial charge in [-0.05, 0) is 47.6 Å². The van der Waals surface area contributed by atoms with Gasteiger partial charge in [0.05, 0.1) is 0 Å². The maximum atomic E-state index is 12.4. The topological polar surface area (TPSA) is 79.7 Å². The second kappa shape index (κ2) is 6.77. The molecule has 1 aromatic rings. The smallest absolute Gasteiger partial charge is 0.411 e. The third-order valence-corrected chi connectivity index (χ3v) is 2.92. The quantitative estimate of drug-likeness (QED) is 0.924. The summed E-state index contributed by atoms with van der Waals surface area (Å²) in [5.74, 6) is -1.12. The molecule has 1 unspecified atom stereocenters. The Morgan fingerprint density at radius 2 is 1.86 bits per heavy atom. The van der Waals surface area contributed by atoms with E-state index in [0.29, 0.717) is 5.56 Å². The van der Waals surface area contributed by atoms with Gasteiger partial charge in [0.2, 0.25) is 0 Å². The molecular weight excluding hydrogens is 284 g/mol. The molecule has 0 radical (unpaired) electrons. The first kappa shape index (κ1) is 17.9. The van der Waals surface area contributed by atoms with Crippen molar-refractivity contribution in [3.8, 4) is 0 Å². The monoisotopic (exact) mass is 308 g/mol. The SMILES string of the molecule is Cc1ccc(C(C(=O)O)N(C(=O)OC(C)(C)C)C(C)C)cn1. The van der Waals surface area contributed by atoms with Crippen LogP contribution in [0.2, 0.25) is 0 Å². The van der Waals surface area contributed by atoms with E-state index in [0.717, 1.165) is 5.69 Å². The van der Waals surface area contributed by atoms with Crippen molar-refractivity contribution in [2.24, 2.45) is 0 Å². The molecule has 1 heterocycles. The number of carbonyl (C=O) groups is 2. The fourth-order valence-electron chi connectivity index (χ4n) is 1.99. The maximum Gasteiger partial charge on any atom is 0.411 e. The van der Waals surface area contributed by atoms with Crippen molar-refractivity contribution in [3.05, 3.63) is 29.6 Å². The molecule has 6 heteroatoms. The van der Waals surface area contributed by atoms with E-state index in [2.05, 4.69) is 4.98 Å². The number of carboxylic acid groups (broad SMARTS) is 1. The van der Waals surface area contributed by atoms with Crippen LogP contribution in [0, 0.1) is 6.92 Å². The molecule has 1 atom stereocenters. The molecule has 0 aliphatic heterocycles. The Morgan fingerprint density at radius 1 is 1.27 bits per heavy atom. The van der Waals surface area contributed by atoms with Crippen molar-refractivity contribution < 1.29 is 19.4 Å². The lowest BCUT2D eigenvalue weighted by Gasteiger charge is -2.34. The number of hydrogen-bond acceptors (Lipinski definition) is 4. The molecule has 122 valence electrons. The van der Waals surface area contributed by atoms with Crippen molar-refractivity contribution in [2.45, 2.75) is 59.2 Å². The number of carbonyl (C=O) groups excluding carboxylic acids is 1. The number of aryl methyl sites for hydroxylation is 1. The van der Waals surface area contributed by atoms with Crippen LogP contribution in [-0.2, 0) is 9.53 Å². The number of carboxylic acids is 1. The number of pyridine rings is 1. The Labute approximate surface area is 131 Å². The lowest BCUT2D eigenvalue weighted by atomic mass is 10.1. The molecule has 0 saturated carbocycles. The molecule has 1 N–H and O–H groups in total. The largest absolute Gasteiger partial charge is 0.479 e. The highest BCUT2D eigenvalue weighted by Gasteiger charge is 2.36. The molecule has 0 aromatic carbocycles. The number of aliphatic carboxylic acids is 1. The first-order valence-electron chi connectivity index (χ1n) is 7.19. The van der Waals surface area contributed by atoms with Crippen molar-refractivity contribution >= 4 is 12.1 Å². The van der Waals surface area contributed by atoms with E-state index in [9.17, 15) is 14.7 Å². The van der Waals surface area contributed by atoms with Crippen molar-refractivity contribution in [2.75, 3.05) is 0 Å². The number of amides is 1. The fraction of sp³-hybridized carbons (Fsp3) is 0.562. The molecular formula is C16H24N2O4. The lowest BCUT2D eigenvalue weighted by Crippen LogP contribution is -2.45. The Hall–Kier alpha value is -2.11. The molecule has 6 nitrogen and oxygen atoms in total. The molecule has 0 spiro atoms. The van der Waals surface area contributed by atoms with Crippen LogP contribution in [0.15, 0.2) is 18.3 Å². The summed E-state index contributed by atoms with van der Waals surface area (Å²) in [6.45, 7) is 10.5. The number of hydrogen-bond donors (Lipinski definition) is 1.